The van der Waals surface area contributed by atoms with E-state index in [0.717, 1.165) is 50.4 Å². The lowest BCUT2D eigenvalue weighted by molar-refractivity contribution is 0.0820. The van der Waals surface area contributed by atoms with Crippen LogP contribution >= 0.6 is 0 Å². The molecule has 8 nitrogen and oxygen atoms in total. The number of piperidine rings is 1. The molecule has 0 N–H and O–H groups in total. The van der Waals surface area contributed by atoms with Crippen molar-refractivity contribution in [3.63, 3.8) is 0 Å². The number of aryl methyl sites for hydroxylation is 3. The Bertz CT molecular complexity index is 916. The lowest BCUT2D eigenvalue weighted by Crippen LogP contribution is -2.40. The van der Waals surface area contributed by atoms with E-state index in [9.17, 15) is 8.42 Å². The quantitative estimate of drug-likeness (QED) is 0.773. The summed E-state index contributed by atoms with van der Waals surface area (Å²) in [4.78, 5) is 4.92. The Labute approximate surface area is 165 Å². The Morgan fingerprint density at radius 2 is 1.75 bits per heavy atom. The van der Waals surface area contributed by atoms with E-state index >= 15 is 0 Å². The largest absolute Gasteiger partial charge is 0.381 e. The van der Waals surface area contributed by atoms with Crippen molar-refractivity contribution in [1.82, 2.24) is 19.0 Å². The standard InChI is InChI=1S/C19H28N4O4S/c1-13-12-20-19(16-6-10-26-11-7-16)23(13)17-4-8-22(9-5-17)28(24,25)18-14(2)21-27-15(18)3/h12,16-17H,4-11H2,1-3H3. The maximum Gasteiger partial charge on any atom is 0.248 e. The van der Waals surface area contributed by atoms with Crippen LogP contribution in [0.2, 0.25) is 0 Å². The molecule has 0 unspecified atom stereocenters. The second kappa shape index (κ2) is 7.61. The normalized spacial score (nSPS) is 20.7. The van der Waals surface area contributed by atoms with Crippen molar-refractivity contribution in [3.05, 3.63) is 29.2 Å². The van der Waals surface area contributed by atoms with Crippen LogP contribution in [0.5, 0.6) is 0 Å². The van der Waals surface area contributed by atoms with E-state index in [1.54, 1.807) is 18.2 Å². The molecule has 4 rings (SSSR count). The molecule has 0 aliphatic carbocycles. The van der Waals surface area contributed by atoms with E-state index in [4.69, 9.17) is 14.2 Å². The van der Waals surface area contributed by atoms with Gasteiger partial charge in [-0.15, -0.1) is 0 Å². The molecule has 0 atom stereocenters. The van der Waals surface area contributed by atoms with Crippen LogP contribution in [0.4, 0.5) is 0 Å². The highest BCUT2D eigenvalue weighted by Crippen LogP contribution is 2.34. The monoisotopic (exact) mass is 408 g/mol. The molecule has 9 heteroatoms. The van der Waals surface area contributed by atoms with E-state index in [0.29, 0.717) is 30.5 Å². The first-order chi connectivity index (χ1) is 13.4. The fourth-order valence-corrected chi connectivity index (χ4v) is 6.27. The van der Waals surface area contributed by atoms with Gasteiger partial charge in [0.15, 0.2) is 5.76 Å². The molecule has 2 saturated heterocycles. The molecule has 0 spiro atoms. The second-order valence-electron chi connectivity index (χ2n) is 7.80. The zero-order chi connectivity index (χ0) is 19.9. The third-order valence-electron chi connectivity index (χ3n) is 5.95. The minimum atomic E-state index is -3.58. The Morgan fingerprint density at radius 1 is 1.07 bits per heavy atom. The van der Waals surface area contributed by atoms with Crippen molar-refractivity contribution >= 4 is 10.0 Å². The number of rotatable bonds is 4. The highest BCUT2D eigenvalue weighted by Gasteiger charge is 2.35. The molecular formula is C19H28N4O4S. The molecule has 0 bridgehead atoms. The number of nitrogens with zero attached hydrogens (tertiary/aromatic N) is 4. The van der Waals surface area contributed by atoms with Crippen LogP contribution in [0.1, 0.15) is 60.6 Å². The minimum absolute atomic E-state index is 0.215. The van der Waals surface area contributed by atoms with Crippen LogP contribution in [0.25, 0.3) is 0 Å². The Hall–Kier alpha value is -1.71. The summed E-state index contributed by atoms with van der Waals surface area (Å²) in [7, 11) is -3.58. The van der Waals surface area contributed by atoms with Gasteiger partial charge in [-0.3, -0.25) is 0 Å². The molecule has 2 aliphatic heterocycles. The Kier molecular flexibility index (Phi) is 5.32. The van der Waals surface area contributed by atoms with Gasteiger partial charge >= 0.3 is 0 Å². The third-order valence-corrected chi connectivity index (χ3v) is 8.10. The van der Waals surface area contributed by atoms with Crippen molar-refractivity contribution in [3.8, 4) is 0 Å². The summed E-state index contributed by atoms with van der Waals surface area (Å²) in [5.41, 5.74) is 1.57. The number of imidazole rings is 1. The smallest absolute Gasteiger partial charge is 0.248 e. The summed E-state index contributed by atoms with van der Waals surface area (Å²) < 4.78 is 40.6. The van der Waals surface area contributed by atoms with Crippen molar-refractivity contribution in [2.24, 2.45) is 0 Å². The SMILES string of the molecule is Cc1noc(C)c1S(=O)(=O)N1CCC(n2c(C)cnc2C2CCOCC2)CC1. The number of hydrogen-bond donors (Lipinski definition) is 0. The molecule has 2 aliphatic rings. The Balaban J connectivity index is 1.52. The second-order valence-corrected chi connectivity index (χ2v) is 9.68. The molecule has 2 fully saturated rings. The maximum absolute atomic E-state index is 13.1. The Morgan fingerprint density at radius 3 is 2.36 bits per heavy atom. The van der Waals surface area contributed by atoms with Gasteiger partial charge < -0.3 is 13.8 Å². The van der Waals surface area contributed by atoms with Gasteiger partial charge in [0.05, 0.1) is 0 Å². The predicted molar refractivity (Wildman–Crippen MR) is 103 cm³/mol. The average Bonchev–Trinajstić information content (AvgIpc) is 3.24. The van der Waals surface area contributed by atoms with Crippen LogP contribution < -0.4 is 0 Å². The van der Waals surface area contributed by atoms with Crippen molar-refractivity contribution in [2.45, 2.75) is 63.3 Å². The number of ether oxygens (including phenoxy) is 1. The van der Waals surface area contributed by atoms with Gasteiger partial charge in [-0.1, -0.05) is 5.16 Å². The van der Waals surface area contributed by atoms with Gasteiger partial charge in [0.25, 0.3) is 0 Å². The predicted octanol–water partition coefficient (Wildman–Crippen LogP) is 2.72. The van der Waals surface area contributed by atoms with E-state index in [-0.39, 0.29) is 10.9 Å². The van der Waals surface area contributed by atoms with Gasteiger partial charge in [0, 0.05) is 50.2 Å². The highest BCUT2D eigenvalue weighted by atomic mass is 32.2. The van der Waals surface area contributed by atoms with Crippen molar-refractivity contribution < 1.29 is 17.7 Å². The fourth-order valence-electron chi connectivity index (χ4n) is 4.51. The lowest BCUT2D eigenvalue weighted by atomic mass is 9.98. The molecule has 4 heterocycles. The number of aromatic nitrogens is 3. The molecule has 0 radical (unpaired) electrons. The zero-order valence-corrected chi connectivity index (χ0v) is 17.5. The van der Waals surface area contributed by atoms with Crippen LogP contribution in [0.15, 0.2) is 15.6 Å². The van der Waals surface area contributed by atoms with E-state index < -0.39 is 10.0 Å². The lowest BCUT2D eigenvalue weighted by Gasteiger charge is -2.34. The molecule has 0 saturated carbocycles. The third kappa shape index (κ3) is 3.40. The van der Waals surface area contributed by atoms with Gasteiger partial charge in [0.2, 0.25) is 10.0 Å². The minimum Gasteiger partial charge on any atom is -0.381 e. The molecule has 2 aromatic rings. The summed E-state index contributed by atoms with van der Waals surface area (Å²) in [6.45, 7) is 7.95. The fraction of sp³-hybridized carbons (Fsp3) is 0.684. The average molecular weight is 409 g/mol. The van der Waals surface area contributed by atoms with E-state index in [1.165, 1.54) is 0 Å². The molecule has 154 valence electrons. The van der Waals surface area contributed by atoms with Gasteiger partial charge in [0.1, 0.15) is 16.4 Å². The van der Waals surface area contributed by atoms with Gasteiger partial charge in [-0.05, 0) is 46.5 Å². The number of hydrogen-bond acceptors (Lipinski definition) is 6. The van der Waals surface area contributed by atoms with Crippen LogP contribution in [0.3, 0.4) is 0 Å². The number of sulfonamides is 1. The summed E-state index contributed by atoms with van der Waals surface area (Å²) in [5.74, 6) is 1.91. The van der Waals surface area contributed by atoms with Crippen LogP contribution in [-0.4, -0.2) is 53.7 Å². The zero-order valence-electron chi connectivity index (χ0n) is 16.7. The maximum atomic E-state index is 13.1. The summed E-state index contributed by atoms with van der Waals surface area (Å²) in [5, 5.41) is 3.80. The highest BCUT2D eigenvalue weighted by molar-refractivity contribution is 7.89. The van der Waals surface area contributed by atoms with Crippen LogP contribution in [0, 0.1) is 20.8 Å². The first-order valence-electron chi connectivity index (χ1n) is 9.94. The molecule has 28 heavy (non-hydrogen) atoms. The summed E-state index contributed by atoms with van der Waals surface area (Å²) >= 11 is 0. The van der Waals surface area contributed by atoms with E-state index in [2.05, 4.69) is 16.6 Å². The van der Waals surface area contributed by atoms with Crippen molar-refractivity contribution in [1.29, 1.82) is 0 Å². The van der Waals surface area contributed by atoms with E-state index in [1.807, 2.05) is 6.20 Å². The molecule has 2 aromatic heterocycles. The van der Waals surface area contributed by atoms with Gasteiger partial charge in [-0.2, -0.15) is 4.31 Å². The van der Waals surface area contributed by atoms with Crippen LogP contribution in [-0.2, 0) is 14.8 Å². The summed E-state index contributed by atoms with van der Waals surface area (Å²) in [6, 6.07) is 0.275. The van der Waals surface area contributed by atoms with Crippen molar-refractivity contribution in [2.75, 3.05) is 26.3 Å². The first-order valence-corrected chi connectivity index (χ1v) is 11.4. The molecular weight excluding hydrogens is 380 g/mol. The first kappa shape index (κ1) is 19.6. The summed E-state index contributed by atoms with van der Waals surface area (Å²) in [6.07, 6.45) is 5.48. The molecule has 0 amide bonds. The topological polar surface area (TPSA) is 90.5 Å². The van der Waals surface area contributed by atoms with Gasteiger partial charge in [-0.25, -0.2) is 13.4 Å². The molecule has 0 aromatic carbocycles.